The molecule has 0 radical (unpaired) electrons. The minimum atomic E-state index is -0.374. The third kappa shape index (κ3) is 3.31. The average molecular weight is 280 g/mol. The van der Waals surface area contributed by atoms with E-state index in [-0.39, 0.29) is 11.2 Å². The standard InChI is InChI=1S/C14H11Cl2NO/c15-12-5-3-11(4-6-12)13(14(16)18)8-10-2-1-7-17-9-10/h1-7,9,13H,8H2. The summed E-state index contributed by atoms with van der Waals surface area (Å²) in [7, 11) is 0. The van der Waals surface area contributed by atoms with Gasteiger partial charge in [-0.05, 0) is 47.3 Å². The number of aromatic nitrogens is 1. The van der Waals surface area contributed by atoms with Gasteiger partial charge in [-0.2, -0.15) is 0 Å². The molecule has 4 heteroatoms. The number of carbonyl (C=O) groups excluding carboxylic acids is 1. The Bertz CT molecular complexity index is 525. The van der Waals surface area contributed by atoms with E-state index in [9.17, 15) is 4.79 Å². The van der Waals surface area contributed by atoms with Gasteiger partial charge in [0.25, 0.3) is 0 Å². The summed E-state index contributed by atoms with van der Waals surface area (Å²) in [6, 6.07) is 10.9. The predicted molar refractivity (Wildman–Crippen MR) is 73.0 cm³/mol. The first kappa shape index (κ1) is 13.1. The zero-order valence-electron chi connectivity index (χ0n) is 9.51. The number of nitrogens with zero attached hydrogens (tertiary/aromatic N) is 1. The number of benzene rings is 1. The monoisotopic (exact) mass is 279 g/mol. The van der Waals surface area contributed by atoms with E-state index < -0.39 is 0 Å². The third-order valence-electron chi connectivity index (χ3n) is 2.71. The molecule has 92 valence electrons. The van der Waals surface area contributed by atoms with Crippen LogP contribution in [0, 0.1) is 0 Å². The van der Waals surface area contributed by atoms with Gasteiger partial charge in [0.15, 0.2) is 0 Å². The Morgan fingerprint density at radius 3 is 2.50 bits per heavy atom. The molecule has 0 bridgehead atoms. The van der Waals surface area contributed by atoms with Crippen molar-refractivity contribution >= 4 is 28.4 Å². The number of rotatable bonds is 4. The van der Waals surface area contributed by atoms with Gasteiger partial charge in [-0.1, -0.05) is 29.8 Å². The molecule has 18 heavy (non-hydrogen) atoms. The van der Waals surface area contributed by atoms with Gasteiger partial charge in [-0.15, -0.1) is 0 Å². The molecule has 0 aliphatic carbocycles. The minimum absolute atomic E-state index is 0.367. The van der Waals surface area contributed by atoms with Gasteiger partial charge < -0.3 is 0 Å². The molecule has 0 aliphatic rings. The highest BCUT2D eigenvalue weighted by Gasteiger charge is 2.19. The maximum absolute atomic E-state index is 11.5. The van der Waals surface area contributed by atoms with Crippen molar-refractivity contribution in [3.63, 3.8) is 0 Å². The fourth-order valence-corrected chi connectivity index (χ4v) is 2.11. The number of halogens is 2. The molecule has 2 rings (SSSR count). The Kier molecular flexibility index (Phi) is 4.34. The molecule has 0 saturated carbocycles. The molecule has 0 N–H and O–H groups in total. The van der Waals surface area contributed by atoms with E-state index in [1.54, 1.807) is 24.5 Å². The van der Waals surface area contributed by atoms with Gasteiger partial charge in [-0.3, -0.25) is 9.78 Å². The molecular weight excluding hydrogens is 269 g/mol. The zero-order chi connectivity index (χ0) is 13.0. The highest BCUT2D eigenvalue weighted by Crippen LogP contribution is 2.24. The molecule has 0 amide bonds. The van der Waals surface area contributed by atoms with E-state index in [1.165, 1.54) is 0 Å². The van der Waals surface area contributed by atoms with E-state index in [0.717, 1.165) is 11.1 Å². The van der Waals surface area contributed by atoms with Gasteiger partial charge in [0.05, 0.1) is 5.92 Å². The van der Waals surface area contributed by atoms with Crippen LogP contribution >= 0.6 is 23.2 Å². The van der Waals surface area contributed by atoms with E-state index in [1.807, 2.05) is 24.3 Å². The maximum atomic E-state index is 11.5. The first-order valence-electron chi connectivity index (χ1n) is 5.50. The Morgan fingerprint density at radius 1 is 1.22 bits per heavy atom. The second-order valence-electron chi connectivity index (χ2n) is 3.97. The van der Waals surface area contributed by atoms with Crippen molar-refractivity contribution in [1.82, 2.24) is 4.98 Å². The average Bonchev–Trinajstić information content (AvgIpc) is 2.38. The fourth-order valence-electron chi connectivity index (χ4n) is 1.78. The lowest BCUT2D eigenvalue weighted by atomic mass is 9.94. The molecule has 1 aromatic carbocycles. The summed E-state index contributed by atoms with van der Waals surface area (Å²) in [4.78, 5) is 15.6. The maximum Gasteiger partial charge on any atom is 0.229 e. The molecule has 1 unspecified atom stereocenters. The van der Waals surface area contributed by atoms with Crippen molar-refractivity contribution in [2.75, 3.05) is 0 Å². The van der Waals surface area contributed by atoms with Crippen molar-refractivity contribution in [2.24, 2.45) is 0 Å². The molecule has 0 fully saturated rings. The largest absolute Gasteiger partial charge is 0.281 e. The lowest BCUT2D eigenvalue weighted by Gasteiger charge is -2.12. The summed E-state index contributed by atoms with van der Waals surface area (Å²) in [5.74, 6) is -0.367. The molecule has 1 aromatic heterocycles. The Morgan fingerprint density at radius 2 is 1.94 bits per heavy atom. The minimum Gasteiger partial charge on any atom is -0.281 e. The molecule has 1 heterocycles. The number of pyridine rings is 1. The normalized spacial score (nSPS) is 12.1. The van der Waals surface area contributed by atoms with Crippen LogP contribution in [0.4, 0.5) is 0 Å². The molecular formula is C14H11Cl2NO. The van der Waals surface area contributed by atoms with E-state index in [4.69, 9.17) is 23.2 Å². The van der Waals surface area contributed by atoms with Gasteiger partial charge in [-0.25, -0.2) is 0 Å². The van der Waals surface area contributed by atoms with Crippen LogP contribution in [0.2, 0.25) is 5.02 Å². The Labute approximate surface area is 116 Å². The summed E-state index contributed by atoms with van der Waals surface area (Å²) in [5, 5.41) is 0.266. The first-order valence-corrected chi connectivity index (χ1v) is 6.26. The second-order valence-corrected chi connectivity index (χ2v) is 4.78. The van der Waals surface area contributed by atoms with Crippen LogP contribution in [0.3, 0.4) is 0 Å². The van der Waals surface area contributed by atoms with Crippen LogP contribution in [-0.2, 0) is 11.2 Å². The number of carbonyl (C=O) groups is 1. The van der Waals surface area contributed by atoms with E-state index >= 15 is 0 Å². The van der Waals surface area contributed by atoms with Crippen molar-refractivity contribution in [3.05, 3.63) is 64.9 Å². The third-order valence-corrected chi connectivity index (χ3v) is 3.22. The summed E-state index contributed by atoms with van der Waals surface area (Å²) in [6.45, 7) is 0. The Hall–Kier alpha value is -1.38. The molecule has 2 nitrogen and oxygen atoms in total. The van der Waals surface area contributed by atoms with Crippen LogP contribution in [0.5, 0.6) is 0 Å². The van der Waals surface area contributed by atoms with Crippen molar-refractivity contribution in [2.45, 2.75) is 12.3 Å². The highest BCUT2D eigenvalue weighted by molar-refractivity contribution is 6.64. The summed E-state index contributed by atoms with van der Waals surface area (Å²) >= 11 is 11.5. The van der Waals surface area contributed by atoms with Gasteiger partial charge >= 0.3 is 0 Å². The van der Waals surface area contributed by atoms with Crippen molar-refractivity contribution < 1.29 is 4.79 Å². The molecule has 0 spiro atoms. The predicted octanol–water partition coefficient (Wildman–Crippen LogP) is 3.83. The van der Waals surface area contributed by atoms with Crippen molar-refractivity contribution in [3.8, 4) is 0 Å². The first-order chi connectivity index (χ1) is 8.66. The SMILES string of the molecule is O=C(Cl)C(Cc1cccnc1)c1ccc(Cl)cc1. The highest BCUT2D eigenvalue weighted by atomic mass is 35.5. The van der Waals surface area contributed by atoms with Crippen LogP contribution in [-0.4, -0.2) is 10.2 Å². The summed E-state index contributed by atoms with van der Waals surface area (Å²) in [5.41, 5.74) is 1.84. The second kappa shape index (κ2) is 5.98. The van der Waals surface area contributed by atoms with Crippen LogP contribution in [0.15, 0.2) is 48.8 Å². The van der Waals surface area contributed by atoms with E-state index in [0.29, 0.717) is 11.4 Å². The lowest BCUT2D eigenvalue weighted by molar-refractivity contribution is -0.113. The van der Waals surface area contributed by atoms with Gasteiger partial charge in [0.1, 0.15) is 0 Å². The van der Waals surface area contributed by atoms with Crippen LogP contribution < -0.4 is 0 Å². The van der Waals surface area contributed by atoms with E-state index in [2.05, 4.69) is 4.98 Å². The zero-order valence-corrected chi connectivity index (χ0v) is 11.0. The topological polar surface area (TPSA) is 30.0 Å². The quantitative estimate of drug-likeness (QED) is 0.797. The number of hydrogen-bond donors (Lipinski definition) is 0. The fraction of sp³-hybridized carbons (Fsp3) is 0.143. The molecule has 0 saturated heterocycles. The number of hydrogen-bond acceptors (Lipinski definition) is 2. The summed E-state index contributed by atoms with van der Waals surface area (Å²) in [6.07, 6.45) is 3.98. The molecule has 2 aromatic rings. The molecule has 0 aliphatic heterocycles. The van der Waals surface area contributed by atoms with Gasteiger partial charge in [0, 0.05) is 17.4 Å². The Balaban J connectivity index is 2.24. The summed E-state index contributed by atoms with van der Waals surface area (Å²) < 4.78 is 0. The lowest BCUT2D eigenvalue weighted by Crippen LogP contribution is -2.10. The molecule has 1 atom stereocenters. The van der Waals surface area contributed by atoms with Crippen LogP contribution in [0.25, 0.3) is 0 Å². The van der Waals surface area contributed by atoms with Gasteiger partial charge in [0.2, 0.25) is 5.24 Å². The van der Waals surface area contributed by atoms with Crippen molar-refractivity contribution in [1.29, 1.82) is 0 Å². The van der Waals surface area contributed by atoms with Crippen LogP contribution in [0.1, 0.15) is 17.0 Å². The smallest absolute Gasteiger partial charge is 0.229 e.